The van der Waals surface area contributed by atoms with Crippen LogP contribution in [0.1, 0.15) is 51.4 Å². The number of carbonyl (C=O) groups is 1. The Morgan fingerprint density at radius 1 is 1.28 bits per heavy atom. The molecule has 0 bridgehead atoms. The summed E-state index contributed by atoms with van der Waals surface area (Å²) in [4.78, 5) is 11.8. The van der Waals surface area contributed by atoms with Gasteiger partial charge in [0.2, 0.25) is 5.91 Å². The number of aliphatic hydroxyl groups is 1. The standard InChI is InChI=1S/C14H25NO3/c16-11-14(6-2-1-3-7-14)10-15-13(17)9-12-5-4-8-18-12/h12,16H,1-11H2,(H,15,17). The lowest BCUT2D eigenvalue weighted by atomic mass is 9.74. The van der Waals surface area contributed by atoms with Gasteiger partial charge in [0.1, 0.15) is 0 Å². The van der Waals surface area contributed by atoms with Gasteiger partial charge in [0.15, 0.2) is 0 Å². The van der Waals surface area contributed by atoms with Crippen molar-refractivity contribution in [3.8, 4) is 0 Å². The summed E-state index contributed by atoms with van der Waals surface area (Å²) >= 11 is 0. The molecule has 0 aromatic rings. The van der Waals surface area contributed by atoms with Crippen LogP contribution in [0.2, 0.25) is 0 Å². The molecular formula is C14H25NO3. The van der Waals surface area contributed by atoms with Crippen molar-refractivity contribution in [2.75, 3.05) is 19.8 Å². The van der Waals surface area contributed by atoms with Crippen LogP contribution in [0, 0.1) is 5.41 Å². The van der Waals surface area contributed by atoms with E-state index in [0.717, 1.165) is 32.3 Å². The van der Waals surface area contributed by atoms with E-state index in [4.69, 9.17) is 4.74 Å². The molecule has 104 valence electrons. The Balaban J connectivity index is 1.73. The van der Waals surface area contributed by atoms with Crippen molar-refractivity contribution >= 4 is 5.91 Å². The first kappa shape index (κ1) is 13.8. The molecule has 0 aromatic carbocycles. The van der Waals surface area contributed by atoms with E-state index < -0.39 is 0 Å². The summed E-state index contributed by atoms with van der Waals surface area (Å²) in [5.41, 5.74) is -0.0650. The van der Waals surface area contributed by atoms with Crippen molar-refractivity contribution in [2.24, 2.45) is 5.41 Å². The minimum atomic E-state index is -0.0650. The largest absolute Gasteiger partial charge is 0.396 e. The summed E-state index contributed by atoms with van der Waals surface area (Å²) in [6.45, 7) is 1.60. The van der Waals surface area contributed by atoms with Gasteiger partial charge in [-0.15, -0.1) is 0 Å². The number of aliphatic hydroxyl groups excluding tert-OH is 1. The number of nitrogens with one attached hydrogen (secondary N) is 1. The van der Waals surface area contributed by atoms with Crippen LogP contribution in [-0.2, 0) is 9.53 Å². The van der Waals surface area contributed by atoms with Crippen LogP contribution >= 0.6 is 0 Å². The minimum absolute atomic E-state index is 0.0650. The third-order valence-electron chi connectivity index (χ3n) is 4.35. The molecule has 4 nitrogen and oxygen atoms in total. The Hall–Kier alpha value is -0.610. The van der Waals surface area contributed by atoms with Gasteiger partial charge < -0.3 is 15.2 Å². The Kier molecular flexibility index (Phi) is 5.01. The van der Waals surface area contributed by atoms with Crippen molar-refractivity contribution in [1.82, 2.24) is 5.32 Å². The molecule has 1 aliphatic carbocycles. The number of hydrogen-bond acceptors (Lipinski definition) is 3. The van der Waals surface area contributed by atoms with Gasteiger partial charge in [-0.1, -0.05) is 19.3 Å². The maximum absolute atomic E-state index is 11.8. The zero-order chi connectivity index (χ0) is 12.8. The van der Waals surface area contributed by atoms with Crippen molar-refractivity contribution in [3.05, 3.63) is 0 Å². The first-order chi connectivity index (χ1) is 8.74. The van der Waals surface area contributed by atoms with E-state index in [0.29, 0.717) is 13.0 Å². The molecule has 1 unspecified atom stereocenters. The number of carbonyl (C=O) groups excluding carboxylic acids is 1. The zero-order valence-electron chi connectivity index (χ0n) is 11.1. The van der Waals surface area contributed by atoms with Gasteiger partial charge >= 0.3 is 0 Å². The van der Waals surface area contributed by atoms with E-state index in [1.807, 2.05) is 0 Å². The summed E-state index contributed by atoms with van der Waals surface area (Å²) in [5.74, 6) is 0.0697. The van der Waals surface area contributed by atoms with E-state index in [2.05, 4.69) is 5.32 Å². The van der Waals surface area contributed by atoms with Crippen molar-refractivity contribution < 1.29 is 14.6 Å². The second-order valence-electron chi connectivity index (χ2n) is 5.83. The Morgan fingerprint density at radius 2 is 2.06 bits per heavy atom. The summed E-state index contributed by atoms with van der Waals surface area (Å²) in [5, 5.41) is 12.6. The fourth-order valence-corrected chi connectivity index (χ4v) is 3.06. The molecule has 2 fully saturated rings. The van der Waals surface area contributed by atoms with E-state index >= 15 is 0 Å². The first-order valence-electron chi connectivity index (χ1n) is 7.23. The fraction of sp³-hybridized carbons (Fsp3) is 0.929. The monoisotopic (exact) mass is 255 g/mol. The molecule has 0 radical (unpaired) electrons. The molecule has 1 atom stereocenters. The lowest BCUT2D eigenvalue weighted by molar-refractivity contribution is -0.124. The molecule has 18 heavy (non-hydrogen) atoms. The smallest absolute Gasteiger partial charge is 0.222 e. The van der Waals surface area contributed by atoms with E-state index in [9.17, 15) is 9.90 Å². The minimum Gasteiger partial charge on any atom is -0.396 e. The Morgan fingerprint density at radius 3 is 2.67 bits per heavy atom. The molecule has 2 aliphatic rings. The lowest BCUT2D eigenvalue weighted by Crippen LogP contribution is -2.42. The third-order valence-corrected chi connectivity index (χ3v) is 4.35. The second-order valence-corrected chi connectivity index (χ2v) is 5.83. The van der Waals surface area contributed by atoms with Crippen LogP contribution in [0.4, 0.5) is 0 Å². The molecule has 1 heterocycles. The van der Waals surface area contributed by atoms with Gasteiger partial charge in [-0.2, -0.15) is 0 Å². The van der Waals surface area contributed by atoms with Crippen LogP contribution in [0.25, 0.3) is 0 Å². The van der Waals surface area contributed by atoms with Crippen LogP contribution in [-0.4, -0.2) is 36.9 Å². The average Bonchev–Trinajstić information content (AvgIpc) is 2.90. The predicted octanol–water partition coefficient (Wildman–Crippen LogP) is 1.61. The Bertz CT molecular complexity index is 268. The highest BCUT2D eigenvalue weighted by Crippen LogP contribution is 2.35. The van der Waals surface area contributed by atoms with Gasteiger partial charge in [-0.25, -0.2) is 0 Å². The van der Waals surface area contributed by atoms with Gasteiger partial charge in [0.25, 0.3) is 0 Å². The molecule has 1 saturated heterocycles. The highest BCUT2D eigenvalue weighted by Gasteiger charge is 2.32. The molecule has 0 spiro atoms. The molecule has 1 aliphatic heterocycles. The molecular weight excluding hydrogens is 230 g/mol. The number of ether oxygens (including phenoxy) is 1. The zero-order valence-corrected chi connectivity index (χ0v) is 11.1. The van der Waals surface area contributed by atoms with E-state index in [1.165, 1.54) is 19.3 Å². The molecule has 2 rings (SSSR count). The maximum Gasteiger partial charge on any atom is 0.222 e. The van der Waals surface area contributed by atoms with E-state index in [1.54, 1.807) is 0 Å². The maximum atomic E-state index is 11.8. The fourth-order valence-electron chi connectivity index (χ4n) is 3.06. The van der Waals surface area contributed by atoms with Gasteiger partial charge in [-0.3, -0.25) is 4.79 Å². The molecule has 2 N–H and O–H groups in total. The highest BCUT2D eigenvalue weighted by molar-refractivity contribution is 5.76. The van der Waals surface area contributed by atoms with Crippen LogP contribution < -0.4 is 5.32 Å². The van der Waals surface area contributed by atoms with E-state index in [-0.39, 0.29) is 24.0 Å². The molecule has 0 aromatic heterocycles. The van der Waals surface area contributed by atoms with Crippen LogP contribution in [0.15, 0.2) is 0 Å². The van der Waals surface area contributed by atoms with Crippen LogP contribution in [0.5, 0.6) is 0 Å². The van der Waals surface area contributed by atoms with Gasteiger partial charge in [0, 0.05) is 18.6 Å². The highest BCUT2D eigenvalue weighted by atomic mass is 16.5. The topological polar surface area (TPSA) is 58.6 Å². The van der Waals surface area contributed by atoms with Crippen molar-refractivity contribution in [1.29, 1.82) is 0 Å². The third kappa shape index (κ3) is 3.69. The summed E-state index contributed by atoms with van der Waals surface area (Å²) in [6, 6.07) is 0. The molecule has 4 heteroatoms. The normalized spacial score (nSPS) is 27.1. The van der Waals surface area contributed by atoms with Crippen molar-refractivity contribution in [2.45, 2.75) is 57.5 Å². The summed E-state index contributed by atoms with van der Waals surface area (Å²) in [7, 11) is 0. The van der Waals surface area contributed by atoms with Crippen molar-refractivity contribution in [3.63, 3.8) is 0 Å². The lowest BCUT2D eigenvalue weighted by Gasteiger charge is -2.35. The van der Waals surface area contributed by atoms with Gasteiger partial charge in [-0.05, 0) is 25.7 Å². The van der Waals surface area contributed by atoms with Crippen LogP contribution in [0.3, 0.4) is 0 Å². The Labute approximate surface area is 109 Å². The summed E-state index contributed by atoms with van der Waals surface area (Å²) < 4.78 is 5.46. The quantitative estimate of drug-likeness (QED) is 0.784. The molecule has 1 saturated carbocycles. The predicted molar refractivity (Wildman–Crippen MR) is 69.2 cm³/mol. The number of rotatable bonds is 5. The summed E-state index contributed by atoms with van der Waals surface area (Å²) in [6.07, 6.45) is 8.31. The average molecular weight is 255 g/mol. The molecule has 1 amide bonds. The van der Waals surface area contributed by atoms with Gasteiger partial charge in [0.05, 0.1) is 19.1 Å². The SMILES string of the molecule is O=C(CC1CCCO1)NCC1(CO)CCCCC1. The second kappa shape index (κ2) is 6.53. The number of hydrogen-bond donors (Lipinski definition) is 2. The number of amides is 1. The first-order valence-corrected chi connectivity index (χ1v) is 7.23.